The van der Waals surface area contributed by atoms with Crippen molar-refractivity contribution in [2.75, 3.05) is 23.3 Å². The molecule has 110 valence electrons. The first-order valence-electron chi connectivity index (χ1n) is 6.65. The van der Waals surface area contributed by atoms with E-state index in [2.05, 4.69) is 5.32 Å². The minimum Gasteiger partial charge on any atom is -0.362 e. The predicted molar refractivity (Wildman–Crippen MR) is 79.3 cm³/mol. The highest BCUT2D eigenvalue weighted by Gasteiger charge is 2.11. The van der Waals surface area contributed by atoms with Crippen molar-refractivity contribution in [2.24, 2.45) is 0 Å². The van der Waals surface area contributed by atoms with Crippen molar-refractivity contribution >= 4 is 17.3 Å². The summed E-state index contributed by atoms with van der Waals surface area (Å²) >= 11 is 0. The Labute approximate surface area is 122 Å². The fourth-order valence-corrected chi connectivity index (χ4v) is 1.97. The minimum atomic E-state index is -0.983. The van der Waals surface area contributed by atoms with Gasteiger partial charge in [0.25, 0.3) is 0 Å². The Morgan fingerprint density at radius 2 is 1.81 bits per heavy atom. The van der Waals surface area contributed by atoms with E-state index >= 15 is 0 Å². The van der Waals surface area contributed by atoms with Gasteiger partial charge in [-0.05, 0) is 31.2 Å². The number of nitrogens with one attached hydrogen (secondary N) is 1. The van der Waals surface area contributed by atoms with Crippen LogP contribution < -0.4 is 10.2 Å². The highest BCUT2D eigenvalue weighted by atomic mass is 19.2. The SMILES string of the molecule is CCN(CC(=O)Nc1ccc(F)c(F)c1)c1ccccc1. The minimum absolute atomic E-state index is 0.138. The summed E-state index contributed by atoms with van der Waals surface area (Å²) < 4.78 is 25.9. The van der Waals surface area contributed by atoms with Crippen molar-refractivity contribution in [3.05, 3.63) is 60.2 Å². The van der Waals surface area contributed by atoms with Crippen molar-refractivity contribution < 1.29 is 13.6 Å². The van der Waals surface area contributed by atoms with E-state index in [9.17, 15) is 13.6 Å². The number of carbonyl (C=O) groups excluding carboxylic acids is 1. The van der Waals surface area contributed by atoms with Gasteiger partial charge in [0, 0.05) is 24.0 Å². The highest BCUT2D eigenvalue weighted by Crippen LogP contribution is 2.15. The molecule has 0 aliphatic heterocycles. The summed E-state index contributed by atoms with van der Waals surface area (Å²) in [7, 11) is 0. The molecule has 0 bridgehead atoms. The fourth-order valence-electron chi connectivity index (χ4n) is 1.97. The summed E-state index contributed by atoms with van der Waals surface area (Å²) in [6, 6.07) is 12.8. The molecule has 0 radical (unpaired) electrons. The molecular formula is C16H16F2N2O. The van der Waals surface area contributed by atoms with Gasteiger partial charge in [-0.1, -0.05) is 18.2 Å². The van der Waals surface area contributed by atoms with Crippen molar-refractivity contribution in [1.82, 2.24) is 0 Å². The number of benzene rings is 2. The van der Waals surface area contributed by atoms with E-state index in [0.29, 0.717) is 6.54 Å². The quantitative estimate of drug-likeness (QED) is 0.915. The number of nitrogens with zero attached hydrogens (tertiary/aromatic N) is 1. The topological polar surface area (TPSA) is 32.3 Å². The molecular weight excluding hydrogens is 274 g/mol. The molecule has 0 fully saturated rings. The van der Waals surface area contributed by atoms with Crippen molar-refractivity contribution in [2.45, 2.75) is 6.92 Å². The molecule has 0 saturated carbocycles. The zero-order chi connectivity index (χ0) is 15.2. The van der Waals surface area contributed by atoms with Gasteiger partial charge in [-0.15, -0.1) is 0 Å². The van der Waals surface area contributed by atoms with Crippen LogP contribution in [0.4, 0.5) is 20.2 Å². The Kier molecular flexibility index (Phi) is 4.87. The Hall–Kier alpha value is -2.43. The maximum absolute atomic E-state index is 13.1. The Morgan fingerprint density at radius 3 is 2.43 bits per heavy atom. The van der Waals surface area contributed by atoms with Crippen LogP contribution in [-0.2, 0) is 4.79 Å². The summed E-state index contributed by atoms with van der Waals surface area (Å²) in [6.45, 7) is 2.74. The molecule has 0 atom stereocenters. The van der Waals surface area contributed by atoms with Crippen LogP contribution in [0.3, 0.4) is 0 Å². The molecule has 2 rings (SSSR count). The van der Waals surface area contributed by atoms with Crippen LogP contribution in [0.15, 0.2) is 48.5 Å². The number of anilines is 2. The number of halogens is 2. The summed E-state index contributed by atoms with van der Waals surface area (Å²) in [5, 5.41) is 2.56. The largest absolute Gasteiger partial charge is 0.362 e. The number of carbonyl (C=O) groups is 1. The first-order valence-corrected chi connectivity index (χ1v) is 6.65. The highest BCUT2D eigenvalue weighted by molar-refractivity contribution is 5.94. The van der Waals surface area contributed by atoms with Gasteiger partial charge >= 0.3 is 0 Å². The number of likely N-dealkylation sites (N-methyl/N-ethyl adjacent to an activating group) is 1. The normalized spacial score (nSPS) is 10.2. The van der Waals surface area contributed by atoms with E-state index < -0.39 is 11.6 Å². The van der Waals surface area contributed by atoms with Gasteiger partial charge in [0.1, 0.15) is 0 Å². The lowest BCUT2D eigenvalue weighted by molar-refractivity contribution is -0.115. The van der Waals surface area contributed by atoms with E-state index in [4.69, 9.17) is 0 Å². The summed E-state index contributed by atoms with van der Waals surface area (Å²) in [5.41, 5.74) is 1.17. The van der Waals surface area contributed by atoms with Crippen molar-refractivity contribution in [3.63, 3.8) is 0 Å². The van der Waals surface area contributed by atoms with Gasteiger partial charge < -0.3 is 10.2 Å². The molecule has 5 heteroatoms. The molecule has 0 aliphatic carbocycles. The Morgan fingerprint density at radius 1 is 1.10 bits per heavy atom. The van der Waals surface area contributed by atoms with Crippen LogP contribution in [-0.4, -0.2) is 19.0 Å². The van der Waals surface area contributed by atoms with Gasteiger partial charge in [0.2, 0.25) is 5.91 Å². The second-order valence-corrected chi connectivity index (χ2v) is 4.53. The lowest BCUT2D eigenvalue weighted by Crippen LogP contribution is -2.33. The molecule has 0 saturated heterocycles. The maximum Gasteiger partial charge on any atom is 0.243 e. The number of rotatable bonds is 5. The second-order valence-electron chi connectivity index (χ2n) is 4.53. The predicted octanol–water partition coefficient (Wildman–Crippen LogP) is 3.43. The molecule has 0 aromatic heterocycles. The van der Waals surface area contributed by atoms with Gasteiger partial charge in [-0.25, -0.2) is 8.78 Å². The van der Waals surface area contributed by atoms with Crippen molar-refractivity contribution in [3.8, 4) is 0 Å². The molecule has 3 nitrogen and oxygen atoms in total. The van der Waals surface area contributed by atoms with E-state index in [-0.39, 0.29) is 18.1 Å². The van der Waals surface area contributed by atoms with Crippen LogP contribution >= 0.6 is 0 Å². The van der Waals surface area contributed by atoms with E-state index in [1.807, 2.05) is 42.2 Å². The van der Waals surface area contributed by atoms with Gasteiger partial charge in [0.05, 0.1) is 6.54 Å². The van der Waals surface area contributed by atoms with Crippen LogP contribution in [0.5, 0.6) is 0 Å². The maximum atomic E-state index is 13.1. The molecule has 2 aromatic rings. The standard InChI is InChI=1S/C16H16F2N2O/c1-2-20(13-6-4-3-5-7-13)11-16(21)19-12-8-9-14(17)15(18)10-12/h3-10H,2,11H2,1H3,(H,19,21). The van der Waals surface area contributed by atoms with Crippen LogP contribution in [0, 0.1) is 11.6 Å². The lowest BCUT2D eigenvalue weighted by atomic mass is 10.2. The molecule has 21 heavy (non-hydrogen) atoms. The summed E-state index contributed by atoms with van der Waals surface area (Å²) in [5.74, 6) is -2.21. The molecule has 0 heterocycles. The number of amides is 1. The molecule has 1 N–H and O–H groups in total. The zero-order valence-electron chi connectivity index (χ0n) is 11.6. The third-order valence-corrected chi connectivity index (χ3v) is 3.04. The average molecular weight is 290 g/mol. The molecule has 0 unspecified atom stereocenters. The lowest BCUT2D eigenvalue weighted by Gasteiger charge is -2.22. The molecule has 1 amide bonds. The molecule has 0 spiro atoms. The number of hydrogen-bond donors (Lipinski definition) is 1. The summed E-state index contributed by atoms with van der Waals surface area (Å²) in [6.07, 6.45) is 0. The Balaban J connectivity index is 2.01. The number of para-hydroxylation sites is 1. The third kappa shape index (κ3) is 4.02. The average Bonchev–Trinajstić information content (AvgIpc) is 2.49. The van der Waals surface area contributed by atoms with E-state index in [1.165, 1.54) is 6.07 Å². The van der Waals surface area contributed by atoms with E-state index in [0.717, 1.165) is 17.8 Å². The Bertz CT molecular complexity index is 617. The van der Waals surface area contributed by atoms with Crippen molar-refractivity contribution in [1.29, 1.82) is 0 Å². The monoisotopic (exact) mass is 290 g/mol. The van der Waals surface area contributed by atoms with Gasteiger partial charge in [-0.3, -0.25) is 4.79 Å². The molecule has 2 aromatic carbocycles. The first kappa shape index (κ1) is 15.0. The van der Waals surface area contributed by atoms with Crippen LogP contribution in [0.2, 0.25) is 0 Å². The van der Waals surface area contributed by atoms with E-state index in [1.54, 1.807) is 0 Å². The second kappa shape index (κ2) is 6.83. The third-order valence-electron chi connectivity index (χ3n) is 3.04. The van der Waals surface area contributed by atoms with Crippen LogP contribution in [0.1, 0.15) is 6.92 Å². The summed E-state index contributed by atoms with van der Waals surface area (Å²) in [4.78, 5) is 13.9. The smallest absolute Gasteiger partial charge is 0.243 e. The van der Waals surface area contributed by atoms with Gasteiger partial charge in [-0.2, -0.15) is 0 Å². The molecule has 0 aliphatic rings. The zero-order valence-corrected chi connectivity index (χ0v) is 11.6. The first-order chi connectivity index (χ1) is 10.1. The van der Waals surface area contributed by atoms with Gasteiger partial charge in [0.15, 0.2) is 11.6 Å². The van der Waals surface area contributed by atoms with Crippen LogP contribution in [0.25, 0.3) is 0 Å². The fraction of sp³-hybridized carbons (Fsp3) is 0.188. The number of hydrogen-bond acceptors (Lipinski definition) is 2.